The molecule has 0 unspecified atom stereocenters. The van der Waals surface area contributed by atoms with Gasteiger partial charge in [-0.15, -0.1) is 0 Å². The van der Waals surface area contributed by atoms with Crippen molar-refractivity contribution >= 4 is 20.9 Å². The van der Waals surface area contributed by atoms with Gasteiger partial charge in [0.15, 0.2) is 0 Å². The molecule has 114 valence electrons. The van der Waals surface area contributed by atoms with Gasteiger partial charge >= 0.3 is 0 Å². The molecule has 0 saturated carbocycles. The number of aromatic nitrogens is 1. The lowest BCUT2D eigenvalue weighted by atomic mass is 10.1. The third kappa shape index (κ3) is 3.40. The first-order valence-electron chi connectivity index (χ1n) is 6.82. The number of likely N-dealkylation sites (N-methyl/N-ethyl adjacent to an activating group) is 1. The monoisotopic (exact) mass is 308 g/mol. The van der Waals surface area contributed by atoms with Crippen molar-refractivity contribution in [1.29, 1.82) is 0 Å². The number of pyridine rings is 1. The van der Waals surface area contributed by atoms with E-state index in [0.29, 0.717) is 17.4 Å². The number of hydrogen-bond acceptors (Lipinski definition) is 4. The van der Waals surface area contributed by atoms with Crippen molar-refractivity contribution < 1.29 is 13.5 Å². The predicted octanol–water partition coefficient (Wildman–Crippen LogP) is 2.02. The summed E-state index contributed by atoms with van der Waals surface area (Å²) in [6.07, 6.45) is 1.63. The molecule has 2 rings (SSSR count). The summed E-state index contributed by atoms with van der Waals surface area (Å²) in [6.45, 7) is 5.28. The van der Waals surface area contributed by atoms with E-state index in [1.807, 2.05) is 0 Å². The van der Waals surface area contributed by atoms with Crippen LogP contribution in [0.1, 0.15) is 20.8 Å². The first-order chi connectivity index (χ1) is 9.75. The molecule has 0 amide bonds. The normalized spacial score (nSPS) is 13.0. The predicted molar refractivity (Wildman–Crippen MR) is 82.5 cm³/mol. The average Bonchev–Trinajstić information content (AvgIpc) is 2.43. The zero-order valence-corrected chi connectivity index (χ0v) is 13.3. The van der Waals surface area contributed by atoms with Crippen LogP contribution in [0.15, 0.2) is 41.4 Å². The Hall–Kier alpha value is -1.50. The summed E-state index contributed by atoms with van der Waals surface area (Å²) >= 11 is 0. The number of benzene rings is 1. The van der Waals surface area contributed by atoms with Crippen LogP contribution in [0.3, 0.4) is 0 Å². The molecule has 1 aromatic heterocycles. The number of sulfonamides is 1. The van der Waals surface area contributed by atoms with Crippen molar-refractivity contribution in [2.45, 2.75) is 31.3 Å². The highest BCUT2D eigenvalue weighted by molar-refractivity contribution is 7.89. The van der Waals surface area contributed by atoms with Gasteiger partial charge in [-0.3, -0.25) is 4.98 Å². The van der Waals surface area contributed by atoms with Gasteiger partial charge in [0.25, 0.3) is 0 Å². The van der Waals surface area contributed by atoms with Crippen molar-refractivity contribution in [2.75, 3.05) is 13.1 Å². The van der Waals surface area contributed by atoms with Gasteiger partial charge in [0.2, 0.25) is 10.0 Å². The summed E-state index contributed by atoms with van der Waals surface area (Å²) in [6, 6.07) is 8.49. The van der Waals surface area contributed by atoms with Crippen molar-refractivity contribution in [3.63, 3.8) is 0 Å². The van der Waals surface area contributed by atoms with Crippen LogP contribution in [0.25, 0.3) is 10.9 Å². The van der Waals surface area contributed by atoms with Crippen LogP contribution < -0.4 is 0 Å². The van der Waals surface area contributed by atoms with Crippen LogP contribution >= 0.6 is 0 Å². The van der Waals surface area contributed by atoms with Gasteiger partial charge in [-0.05, 0) is 38.1 Å². The fourth-order valence-corrected chi connectivity index (χ4v) is 4.04. The lowest BCUT2D eigenvalue weighted by molar-refractivity contribution is 0.0601. The Labute approximate surface area is 125 Å². The Morgan fingerprint density at radius 2 is 1.95 bits per heavy atom. The maximum Gasteiger partial charge on any atom is 0.243 e. The molecule has 0 fully saturated rings. The van der Waals surface area contributed by atoms with Crippen LogP contribution in [0.5, 0.6) is 0 Å². The van der Waals surface area contributed by atoms with Gasteiger partial charge in [-0.2, -0.15) is 4.31 Å². The second kappa shape index (κ2) is 5.71. The fraction of sp³-hybridized carbons (Fsp3) is 0.400. The van der Waals surface area contributed by atoms with E-state index in [9.17, 15) is 13.5 Å². The molecule has 0 aliphatic heterocycles. The summed E-state index contributed by atoms with van der Waals surface area (Å²) in [5.74, 6) is 0. The second-order valence-corrected chi connectivity index (χ2v) is 7.48. The molecule has 0 radical (unpaired) electrons. The Bertz CT molecular complexity index is 731. The number of aliphatic hydroxyl groups is 1. The molecule has 5 nitrogen and oxygen atoms in total. The van der Waals surface area contributed by atoms with Crippen LogP contribution in [-0.4, -0.2) is 41.5 Å². The van der Waals surface area contributed by atoms with Crippen LogP contribution in [0, 0.1) is 0 Å². The molecule has 2 aromatic rings. The minimum absolute atomic E-state index is 0.0441. The van der Waals surface area contributed by atoms with Gasteiger partial charge in [0, 0.05) is 24.7 Å². The van der Waals surface area contributed by atoms with Crippen LogP contribution in [-0.2, 0) is 10.0 Å². The molecule has 0 aliphatic rings. The number of fused-ring (bicyclic) bond motifs is 1. The third-order valence-electron chi connectivity index (χ3n) is 3.14. The first kappa shape index (κ1) is 15.9. The second-order valence-electron chi connectivity index (χ2n) is 5.57. The average molecular weight is 308 g/mol. The SMILES string of the molecule is CCN(CC(C)(C)O)S(=O)(=O)c1cccc2ncccc12. The lowest BCUT2D eigenvalue weighted by Gasteiger charge is -2.27. The molecule has 21 heavy (non-hydrogen) atoms. The van der Waals surface area contributed by atoms with E-state index in [4.69, 9.17) is 0 Å². The molecule has 0 saturated heterocycles. The van der Waals surface area contributed by atoms with E-state index in [1.54, 1.807) is 57.3 Å². The molecule has 1 heterocycles. The molecule has 6 heteroatoms. The minimum atomic E-state index is -3.68. The molecule has 1 N–H and O–H groups in total. The molecule has 0 spiro atoms. The molecule has 0 bridgehead atoms. The summed E-state index contributed by atoms with van der Waals surface area (Å²) in [5, 5.41) is 10.5. The van der Waals surface area contributed by atoms with Crippen molar-refractivity contribution in [3.8, 4) is 0 Å². The molecular formula is C15H20N2O3S. The highest BCUT2D eigenvalue weighted by Crippen LogP contribution is 2.25. The van der Waals surface area contributed by atoms with E-state index in [0.717, 1.165) is 0 Å². The van der Waals surface area contributed by atoms with Gasteiger partial charge in [0.1, 0.15) is 0 Å². The number of hydrogen-bond donors (Lipinski definition) is 1. The molecule has 0 atom stereocenters. The Morgan fingerprint density at radius 3 is 2.57 bits per heavy atom. The Balaban J connectivity index is 2.55. The first-order valence-corrected chi connectivity index (χ1v) is 8.26. The summed E-state index contributed by atoms with van der Waals surface area (Å²) in [5.41, 5.74) is -0.454. The van der Waals surface area contributed by atoms with Crippen LogP contribution in [0.2, 0.25) is 0 Å². The van der Waals surface area contributed by atoms with E-state index in [-0.39, 0.29) is 11.4 Å². The van der Waals surface area contributed by atoms with Crippen molar-refractivity contribution in [3.05, 3.63) is 36.5 Å². The van der Waals surface area contributed by atoms with E-state index in [2.05, 4.69) is 4.98 Å². The Kier molecular flexibility index (Phi) is 4.32. The molecular weight excluding hydrogens is 288 g/mol. The zero-order chi connectivity index (χ0) is 15.7. The van der Waals surface area contributed by atoms with E-state index in [1.165, 1.54) is 4.31 Å². The number of nitrogens with zero attached hydrogens (tertiary/aromatic N) is 2. The maximum atomic E-state index is 12.8. The zero-order valence-electron chi connectivity index (χ0n) is 12.4. The highest BCUT2D eigenvalue weighted by atomic mass is 32.2. The van der Waals surface area contributed by atoms with Crippen molar-refractivity contribution in [1.82, 2.24) is 9.29 Å². The standard InChI is InChI=1S/C15H20N2O3S/c1-4-17(11-15(2,3)18)21(19,20)14-9-5-8-13-12(14)7-6-10-16-13/h5-10,18H,4,11H2,1-3H3. The van der Waals surface area contributed by atoms with E-state index < -0.39 is 15.6 Å². The Morgan fingerprint density at radius 1 is 1.24 bits per heavy atom. The smallest absolute Gasteiger partial charge is 0.243 e. The van der Waals surface area contributed by atoms with Gasteiger partial charge in [-0.1, -0.05) is 13.0 Å². The summed E-state index contributed by atoms with van der Waals surface area (Å²) in [4.78, 5) is 4.40. The number of rotatable bonds is 5. The van der Waals surface area contributed by atoms with Gasteiger partial charge < -0.3 is 5.11 Å². The largest absolute Gasteiger partial charge is 0.389 e. The summed E-state index contributed by atoms with van der Waals surface area (Å²) in [7, 11) is -3.68. The highest BCUT2D eigenvalue weighted by Gasteiger charge is 2.29. The van der Waals surface area contributed by atoms with E-state index >= 15 is 0 Å². The maximum absolute atomic E-state index is 12.8. The van der Waals surface area contributed by atoms with Crippen molar-refractivity contribution in [2.24, 2.45) is 0 Å². The topological polar surface area (TPSA) is 70.5 Å². The third-order valence-corrected chi connectivity index (χ3v) is 5.12. The fourth-order valence-electron chi connectivity index (χ4n) is 2.24. The molecule has 0 aliphatic carbocycles. The van der Waals surface area contributed by atoms with Crippen LogP contribution in [0.4, 0.5) is 0 Å². The quantitative estimate of drug-likeness (QED) is 0.917. The van der Waals surface area contributed by atoms with Gasteiger partial charge in [-0.25, -0.2) is 8.42 Å². The van der Waals surface area contributed by atoms with Gasteiger partial charge in [0.05, 0.1) is 16.0 Å². The minimum Gasteiger partial charge on any atom is -0.389 e. The summed E-state index contributed by atoms with van der Waals surface area (Å²) < 4.78 is 27.0. The molecule has 1 aromatic carbocycles. The lowest BCUT2D eigenvalue weighted by Crippen LogP contribution is -2.42.